The predicted octanol–water partition coefficient (Wildman–Crippen LogP) is 2.44. The summed E-state index contributed by atoms with van der Waals surface area (Å²) < 4.78 is 0. The minimum atomic E-state index is -0.0745. The Morgan fingerprint density at radius 1 is 1.53 bits per heavy atom. The fourth-order valence-corrected chi connectivity index (χ4v) is 2.17. The van der Waals surface area contributed by atoms with Crippen LogP contribution in [0.1, 0.15) is 19.8 Å². The second-order valence-electron chi connectivity index (χ2n) is 4.37. The van der Waals surface area contributed by atoms with E-state index >= 15 is 0 Å². The van der Waals surface area contributed by atoms with E-state index in [0.717, 1.165) is 12.8 Å². The van der Waals surface area contributed by atoms with Gasteiger partial charge in [-0.2, -0.15) is 0 Å². The number of hydrogen-bond acceptors (Lipinski definition) is 5. The molecule has 1 atom stereocenters. The summed E-state index contributed by atoms with van der Waals surface area (Å²) in [6.07, 6.45) is 3.47. The molecule has 0 radical (unpaired) electrons. The summed E-state index contributed by atoms with van der Waals surface area (Å²) in [5, 5.41) is 12.9. The van der Waals surface area contributed by atoms with Crippen molar-refractivity contribution in [2.75, 3.05) is 17.7 Å². The molecule has 0 aromatic carbocycles. The number of rotatable bonds is 5. The van der Waals surface area contributed by atoms with Crippen molar-refractivity contribution in [3.05, 3.63) is 23.4 Å². The molecule has 2 rings (SSSR count). The summed E-state index contributed by atoms with van der Waals surface area (Å²) in [6, 6.07) is 3.55. The van der Waals surface area contributed by atoms with Crippen LogP contribution in [0.2, 0.25) is 5.02 Å². The summed E-state index contributed by atoms with van der Waals surface area (Å²) in [5.74, 6) is 0.262. The molecule has 0 amide bonds. The summed E-state index contributed by atoms with van der Waals surface area (Å²) >= 11 is 6.20. The molecule has 2 heterocycles. The van der Waals surface area contributed by atoms with Gasteiger partial charge in [-0.15, -0.1) is 0 Å². The van der Waals surface area contributed by atoms with Gasteiger partial charge < -0.3 is 16.2 Å². The van der Waals surface area contributed by atoms with Crippen molar-refractivity contribution in [1.82, 2.24) is 9.97 Å². The maximum Gasteiger partial charge on any atom is 0.145 e. The summed E-state index contributed by atoms with van der Waals surface area (Å²) in [5.41, 5.74) is 7.78. The second-order valence-corrected chi connectivity index (χ2v) is 4.75. The lowest BCUT2D eigenvalue weighted by molar-refractivity contribution is 0.268. The number of fused-ring (bicyclic) bond motifs is 1. The Balaban J connectivity index is 2.48. The summed E-state index contributed by atoms with van der Waals surface area (Å²) in [7, 11) is 0. The molecule has 19 heavy (non-hydrogen) atoms. The van der Waals surface area contributed by atoms with Crippen molar-refractivity contribution in [1.29, 1.82) is 0 Å². The fraction of sp³-hybridized carbons (Fsp3) is 0.385. The van der Waals surface area contributed by atoms with Gasteiger partial charge in [0.15, 0.2) is 0 Å². The Labute approximate surface area is 116 Å². The van der Waals surface area contributed by atoms with E-state index in [-0.39, 0.29) is 18.5 Å². The predicted molar refractivity (Wildman–Crippen MR) is 78.4 cm³/mol. The molecule has 4 N–H and O–H groups in total. The minimum Gasteiger partial charge on any atom is -0.394 e. The molecule has 0 aliphatic rings. The average Bonchev–Trinajstić information content (AvgIpc) is 2.42. The third-order valence-electron chi connectivity index (χ3n) is 2.91. The Morgan fingerprint density at radius 3 is 3.00 bits per heavy atom. The maximum atomic E-state index is 9.38. The number of nitrogens with zero attached hydrogens (tertiary/aromatic N) is 2. The Bertz CT molecular complexity index is 576. The lowest BCUT2D eigenvalue weighted by Crippen LogP contribution is -2.24. The first-order valence-corrected chi connectivity index (χ1v) is 6.62. The zero-order chi connectivity index (χ0) is 13.8. The molecule has 0 fully saturated rings. The third-order valence-corrected chi connectivity index (χ3v) is 3.30. The number of hydrogen-bond donors (Lipinski definition) is 3. The average molecular weight is 281 g/mol. The molecule has 0 bridgehead atoms. The molecule has 6 heteroatoms. The molecule has 0 saturated heterocycles. The van der Waals surface area contributed by atoms with Gasteiger partial charge in [0.25, 0.3) is 0 Å². The molecule has 0 spiro atoms. The van der Waals surface area contributed by atoms with Crippen molar-refractivity contribution < 1.29 is 5.11 Å². The Morgan fingerprint density at radius 2 is 2.32 bits per heavy atom. The number of nitrogen functional groups attached to an aromatic ring is 1. The van der Waals surface area contributed by atoms with E-state index in [2.05, 4.69) is 22.2 Å². The molecule has 2 aromatic heterocycles. The SMILES string of the molecule is CCCC(CO)Nc1c(Cl)c(N)nc2cccnc12. The van der Waals surface area contributed by atoms with Gasteiger partial charge in [0, 0.05) is 12.2 Å². The third kappa shape index (κ3) is 2.88. The standard InChI is InChI=1S/C13H17ClN4O/c1-2-4-8(7-19)17-12-10(14)13(15)18-9-5-3-6-16-11(9)12/h3,5-6,8,19H,2,4,7H2,1H3,(H3,15,17,18). The van der Waals surface area contributed by atoms with Crippen molar-refractivity contribution in [2.24, 2.45) is 0 Å². The highest BCUT2D eigenvalue weighted by atomic mass is 35.5. The van der Waals surface area contributed by atoms with Gasteiger partial charge in [0.2, 0.25) is 0 Å². The number of aromatic nitrogens is 2. The molecule has 5 nitrogen and oxygen atoms in total. The first-order chi connectivity index (χ1) is 9.17. The van der Waals surface area contributed by atoms with Crippen molar-refractivity contribution in [2.45, 2.75) is 25.8 Å². The lowest BCUT2D eigenvalue weighted by Gasteiger charge is -2.19. The first-order valence-electron chi connectivity index (χ1n) is 6.24. The highest BCUT2D eigenvalue weighted by Gasteiger charge is 2.15. The van der Waals surface area contributed by atoms with Crippen LogP contribution >= 0.6 is 11.6 Å². The van der Waals surface area contributed by atoms with Gasteiger partial charge in [-0.1, -0.05) is 24.9 Å². The van der Waals surface area contributed by atoms with Crippen LogP contribution in [0.4, 0.5) is 11.5 Å². The van der Waals surface area contributed by atoms with Crippen molar-refractivity contribution >= 4 is 34.1 Å². The Hall–Kier alpha value is -1.59. The first kappa shape index (κ1) is 13.8. The van der Waals surface area contributed by atoms with E-state index in [1.54, 1.807) is 12.3 Å². The second kappa shape index (κ2) is 6.04. The van der Waals surface area contributed by atoms with Gasteiger partial charge in [0.05, 0.1) is 17.8 Å². The minimum absolute atomic E-state index is 0.0285. The van der Waals surface area contributed by atoms with Crippen LogP contribution in [0, 0.1) is 0 Å². The smallest absolute Gasteiger partial charge is 0.145 e. The van der Waals surface area contributed by atoms with Gasteiger partial charge in [0.1, 0.15) is 16.4 Å². The summed E-state index contributed by atoms with van der Waals surface area (Å²) in [4.78, 5) is 8.48. The molecular formula is C13H17ClN4O. The number of halogens is 1. The number of nitrogens with one attached hydrogen (secondary N) is 1. The zero-order valence-corrected chi connectivity index (χ0v) is 11.5. The van der Waals surface area contributed by atoms with Gasteiger partial charge in [-0.3, -0.25) is 4.98 Å². The zero-order valence-electron chi connectivity index (χ0n) is 10.7. The molecule has 0 aliphatic heterocycles. The highest BCUT2D eigenvalue weighted by Crippen LogP contribution is 2.33. The quantitative estimate of drug-likeness (QED) is 0.783. The fourth-order valence-electron chi connectivity index (χ4n) is 1.98. The molecule has 0 saturated carbocycles. The van der Waals surface area contributed by atoms with Crippen molar-refractivity contribution in [3.63, 3.8) is 0 Å². The monoisotopic (exact) mass is 280 g/mol. The molecule has 102 valence electrons. The van der Waals surface area contributed by atoms with Crippen LogP contribution < -0.4 is 11.1 Å². The highest BCUT2D eigenvalue weighted by molar-refractivity contribution is 6.36. The topological polar surface area (TPSA) is 84.1 Å². The number of aliphatic hydroxyl groups excluding tert-OH is 1. The van der Waals surface area contributed by atoms with Crippen LogP contribution in [0.15, 0.2) is 18.3 Å². The van der Waals surface area contributed by atoms with Crippen LogP contribution in [0.5, 0.6) is 0 Å². The van der Waals surface area contributed by atoms with E-state index in [1.165, 1.54) is 0 Å². The normalized spacial score (nSPS) is 12.6. The van der Waals surface area contributed by atoms with Gasteiger partial charge >= 0.3 is 0 Å². The lowest BCUT2D eigenvalue weighted by atomic mass is 10.1. The number of anilines is 2. The van der Waals surface area contributed by atoms with Crippen LogP contribution in [0.25, 0.3) is 11.0 Å². The number of nitrogens with two attached hydrogens (primary N) is 1. The molecule has 2 aromatic rings. The molecular weight excluding hydrogens is 264 g/mol. The summed E-state index contributed by atoms with van der Waals surface area (Å²) in [6.45, 7) is 2.09. The van der Waals surface area contributed by atoms with E-state index in [9.17, 15) is 5.11 Å². The largest absolute Gasteiger partial charge is 0.394 e. The van der Waals surface area contributed by atoms with E-state index in [1.807, 2.05) is 6.07 Å². The van der Waals surface area contributed by atoms with Crippen LogP contribution in [-0.4, -0.2) is 27.7 Å². The molecule has 1 unspecified atom stereocenters. The molecule has 0 aliphatic carbocycles. The van der Waals surface area contributed by atoms with E-state index in [4.69, 9.17) is 17.3 Å². The van der Waals surface area contributed by atoms with Crippen LogP contribution in [-0.2, 0) is 0 Å². The number of aliphatic hydroxyl groups is 1. The van der Waals surface area contributed by atoms with Gasteiger partial charge in [-0.05, 0) is 18.6 Å². The maximum absolute atomic E-state index is 9.38. The van der Waals surface area contributed by atoms with E-state index in [0.29, 0.717) is 21.7 Å². The van der Waals surface area contributed by atoms with Gasteiger partial charge in [-0.25, -0.2) is 4.98 Å². The van der Waals surface area contributed by atoms with E-state index < -0.39 is 0 Å². The number of pyridine rings is 2. The van der Waals surface area contributed by atoms with Crippen LogP contribution in [0.3, 0.4) is 0 Å². The Kier molecular flexibility index (Phi) is 4.39. The van der Waals surface area contributed by atoms with Crippen molar-refractivity contribution in [3.8, 4) is 0 Å².